The number of nitrogens with zero attached hydrogens (tertiary/aromatic N) is 1. The average molecular weight is 264 g/mol. The number of hydrogen-bond donors (Lipinski definition) is 1. The van der Waals surface area contributed by atoms with Gasteiger partial charge in [0.25, 0.3) is 0 Å². The summed E-state index contributed by atoms with van der Waals surface area (Å²) in [4.78, 5) is 2.28. The van der Waals surface area contributed by atoms with E-state index in [4.69, 9.17) is 10.5 Å². The summed E-state index contributed by atoms with van der Waals surface area (Å²) in [5, 5.41) is 0. The van der Waals surface area contributed by atoms with E-state index in [9.17, 15) is 0 Å². The number of likely N-dealkylation sites (N-methyl/N-ethyl adjacent to an activating group) is 1. The van der Waals surface area contributed by atoms with Crippen LogP contribution in [-0.2, 0) is 4.74 Å². The number of nitrogens with two attached hydrogens (primary N) is 1. The third-order valence-corrected chi connectivity index (χ3v) is 3.51. The van der Waals surface area contributed by atoms with Gasteiger partial charge >= 0.3 is 0 Å². The standard InChI is InChI=1S/C16H28N2O/c1-12-9-13(2)16(14(3)10-12)15(17)11-18(4)7-6-8-19-5/h9-10,15H,6-8,11,17H2,1-5H3. The first-order valence-corrected chi connectivity index (χ1v) is 6.96. The lowest BCUT2D eigenvalue weighted by Gasteiger charge is -2.24. The minimum Gasteiger partial charge on any atom is -0.385 e. The Morgan fingerprint density at radius 3 is 2.32 bits per heavy atom. The monoisotopic (exact) mass is 264 g/mol. The highest BCUT2D eigenvalue weighted by molar-refractivity contribution is 5.39. The highest BCUT2D eigenvalue weighted by Crippen LogP contribution is 2.22. The predicted molar refractivity (Wildman–Crippen MR) is 81.6 cm³/mol. The Hall–Kier alpha value is -0.900. The zero-order valence-corrected chi connectivity index (χ0v) is 13.0. The van der Waals surface area contributed by atoms with Crippen LogP contribution in [0.4, 0.5) is 0 Å². The minimum atomic E-state index is 0.0770. The predicted octanol–water partition coefficient (Wildman–Crippen LogP) is 2.58. The van der Waals surface area contributed by atoms with Crippen molar-refractivity contribution < 1.29 is 4.74 Å². The van der Waals surface area contributed by atoms with E-state index in [1.807, 2.05) is 0 Å². The van der Waals surface area contributed by atoms with Crippen molar-refractivity contribution in [3.05, 3.63) is 34.4 Å². The van der Waals surface area contributed by atoms with Crippen molar-refractivity contribution in [1.82, 2.24) is 4.90 Å². The van der Waals surface area contributed by atoms with Gasteiger partial charge in [-0.15, -0.1) is 0 Å². The first-order valence-electron chi connectivity index (χ1n) is 6.96. The van der Waals surface area contributed by atoms with Gasteiger partial charge in [0.1, 0.15) is 0 Å². The number of ether oxygens (including phenoxy) is 1. The maximum Gasteiger partial charge on any atom is 0.0474 e. The van der Waals surface area contributed by atoms with E-state index < -0.39 is 0 Å². The zero-order valence-electron chi connectivity index (χ0n) is 13.0. The Balaban J connectivity index is 2.65. The van der Waals surface area contributed by atoms with Gasteiger partial charge in [-0.3, -0.25) is 0 Å². The summed E-state index contributed by atoms with van der Waals surface area (Å²) in [5.74, 6) is 0. The second kappa shape index (κ2) is 7.63. The molecule has 1 unspecified atom stereocenters. The lowest BCUT2D eigenvalue weighted by molar-refractivity contribution is 0.177. The van der Waals surface area contributed by atoms with Crippen molar-refractivity contribution in [3.63, 3.8) is 0 Å². The third-order valence-electron chi connectivity index (χ3n) is 3.51. The highest BCUT2D eigenvalue weighted by Gasteiger charge is 2.14. The number of benzene rings is 1. The van der Waals surface area contributed by atoms with Crippen LogP contribution in [0, 0.1) is 20.8 Å². The van der Waals surface area contributed by atoms with Crippen LogP contribution < -0.4 is 5.73 Å². The average Bonchev–Trinajstić information content (AvgIpc) is 2.27. The second-order valence-electron chi connectivity index (χ2n) is 5.53. The molecule has 3 heteroatoms. The molecule has 1 aromatic carbocycles. The molecule has 1 rings (SSSR count). The summed E-state index contributed by atoms with van der Waals surface area (Å²) in [5.41, 5.74) is 11.6. The molecule has 0 saturated heterocycles. The quantitative estimate of drug-likeness (QED) is 0.769. The van der Waals surface area contributed by atoms with Gasteiger partial charge in [-0.1, -0.05) is 17.7 Å². The smallest absolute Gasteiger partial charge is 0.0474 e. The van der Waals surface area contributed by atoms with Crippen molar-refractivity contribution in [2.75, 3.05) is 33.9 Å². The topological polar surface area (TPSA) is 38.5 Å². The first-order chi connectivity index (χ1) is 8.95. The zero-order chi connectivity index (χ0) is 14.4. The molecule has 3 nitrogen and oxygen atoms in total. The van der Waals surface area contributed by atoms with E-state index in [2.05, 4.69) is 44.9 Å². The number of hydrogen-bond acceptors (Lipinski definition) is 3. The molecule has 0 saturated carbocycles. The van der Waals surface area contributed by atoms with Gasteiger partial charge in [-0.05, 0) is 50.9 Å². The van der Waals surface area contributed by atoms with E-state index in [0.29, 0.717) is 0 Å². The van der Waals surface area contributed by atoms with Crippen LogP contribution in [-0.4, -0.2) is 38.8 Å². The normalized spacial score (nSPS) is 13.0. The Morgan fingerprint density at radius 1 is 1.21 bits per heavy atom. The molecule has 0 aliphatic heterocycles. The lowest BCUT2D eigenvalue weighted by Crippen LogP contribution is -2.31. The molecule has 0 radical (unpaired) electrons. The molecule has 19 heavy (non-hydrogen) atoms. The van der Waals surface area contributed by atoms with Gasteiger partial charge in [0.2, 0.25) is 0 Å². The summed E-state index contributed by atoms with van der Waals surface area (Å²) in [7, 11) is 3.86. The number of aryl methyl sites for hydroxylation is 3. The second-order valence-corrected chi connectivity index (χ2v) is 5.53. The SMILES string of the molecule is COCCCN(C)CC(N)c1c(C)cc(C)cc1C. The highest BCUT2D eigenvalue weighted by atomic mass is 16.5. The Labute approximate surface area is 117 Å². The van der Waals surface area contributed by atoms with E-state index in [-0.39, 0.29) is 6.04 Å². The van der Waals surface area contributed by atoms with E-state index >= 15 is 0 Å². The summed E-state index contributed by atoms with van der Waals surface area (Å²) >= 11 is 0. The fraction of sp³-hybridized carbons (Fsp3) is 0.625. The molecule has 0 aliphatic rings. The van der Waals surface area contributed by atoms with Crippen LogP contribution in [0.15, 0.2) is 12.1 Å². The van der Waals surface area contributed by atoms with E-state index in [1.54, 1.807) is 7.11 Å². The van der Waals surface area contributed by atoms with Crippen LogP contribution in [0.2, 0.25) is 0 Å². The van der Waals surface area contributed by atoms with Crippen molar-refractivity contribution in [3.8, 4) is 0 Å². The third kappa shape index (κ3) is 4.94. The largest absolute Gasteiger partial charge is 0.385 e. The van der Waals surface area contributed by atoms with Crippen molar-refractivity contribution >= 4 is 0 Å². The fourth-order valence-corrected chi connectivity index (χ4v) is 2.77. The maximum absolute atomic E-state index is 6.38. The first kappa shape index (κ1) is 16.2. The van der Waals surface area contributed by atoms with Crippen molar-refractivity contribution in [1.29, 1.82) is 0 Å². The van der Waals surface area contributed by atoms with Crippen LogP contribution in [0.3, 0.4) is 0 Å². The molecule has 0 heterocycles. The van der Waals surface area contributed by atoms with Crippen LogP contribution in [0.5, 0.6) is 0 Å². The fourth-order valence-electron chi connectivity index (χ4n) is 2.77. The van der Waals surface area contributed by atoms with Gasteiger partial charge in [-0.2, -0.15) is 0 Å². The Morgan fingerprint density at radius 2 is 1.79 bits per heavy atom. The Bertz CT molecular complexity index is 381. The van der Waals surface area contributed by atoms with Crippen molar-refractivity contribution in [2.45, 2.75) is 33.2 Å². The minimum absolute atomic E-state index is 0.0770. The van der Waals surface area contributed by atoms with E-state index in [0.717, 1.165) is 26.1 Å². The van der Waals surface area contributed by atoms with E-state index in [1.165, 1.54) is 22.3 Å². The van der Waals surface area contributed by atoms with Crippen molar-refractivity contribution in [2.24, 2.45) is 5.73 Å². The molecule has 108 valence electrons. The summed E-state index contributed by atoms with van der Waals surface area (Å²) in [6, 6.07) is 4.51. The lowest BCUT2D eigenvalue weighted by atomic mass is 9.94. The van der Waals surface area contributed by atoms with Gasteiger partial charge in [0.15, 0.2) is 0 Å². The molecule has 0 bridgehead atoms. The van der Waals surface area contributed by atoms with Gasteiger partial charge in [0, 0.05) is 32.8 Å². The van der Waals surface area contributed by atoms with Gasteiger partial charge < -0.3 is 15.4 Å². The molecule has 2 N–H and O–H groups in total. The molecule has 0 fully saturated rings. The summed E-state index contributed by atoms with van der Waals surface area (Å²) in [6.07, 6.45) is 1.05. The Kier molecular flexibility index (Phi) is 6.49. The van der Waals surface area contributed by atoms with Crippen LogP contribution in [0.25, 0.3) is 0 Å². The molecular formula is C16H28N2O. The number of rotatable bonds is 7. The molecule has 0 aromatic heterocycles. The van der Waals surface area contributed by atoms with Gasteiger partial charge in [0.05, 0.1) is 0 Å². The molecule has 0 spiro atoms. The summed E-state index contributed by atoms with van der Waals surface area (Å²) < 4.78 is 5.08. The molecule has 0 aliphatic carbocycles. The molecular weight excluding hydrogens is 236 g/mol. The van der Waals surface area contributed by atoms with Crippen LogP contribution in [0.1, 0.15) is 34.7 Å². The molecule has 1 aromatic rings. The number of methoxy groups -OCH3 is 1. The van der Waals surface area contributed by atoms with Gasteiger partial charge in [-0.25, -0.2) is 0 Å². The van der Waals surface area contributed by atoms with Crippen LogP contribution >= 0.6 is 0 Å². The summed E-state index contributed by atoms with van der Waals surface area (Å²) in [6.45, 7) is 9.15. The molecule has 1 atom stereocenters. The maximum atomic E-state index is 6.38. The molecule has 0 amide bonds.